The highest BCUT2D eigenvalue weighted by Crippen LogP contribution is 2.34. The first-order valence-electron chi connectivity index (χ1n) is 9.45. The molecule has 0 aromatic heterocycles. The van der Waals surface area contributed by atoms with Crippen LogP contribution in [-0.2, 0) is 25.8 Å². The zero-order valence-corrected chi connectivity index (χ0v) is 18.3. The Labute approximate surface area is 172 Å². The number of benzene rings is 2. The van der Waals surface area contributed by atoms with Gasteiger partial charge in [-0.1, -0.05) is 32.9 Å². The maximum absolute atomic E-state index is 12.7. The summed E-state index contributed by atoms with van der Waals surface area (Å²) in [5.41, 5.74) is 4.22. The molecular weight excluding hydrogens is 390 g/mol. The fraction of sp³-hybridized carbons (Fsp3) is 0.409. The molecular formula is C22H27NO5S. The van der Waals surface area contributed by atoms with E-state index in [0.717, 1.165) is 22.3 Å². The molecule has 156 valence electrons. The number of amides is 1. The van der Waals surface area contributed by atoms with E-state index in [1.54, 1.807) is 18.2 Å². The minimum Gasteiger partial charge on any atom is -0.454 e. The fourth-order valence-electron chi connectivity index (χ4n) is 3.30. The molecule has 1 N–H and O–H groups in total. The quantitative estimate of drug-likeness (QED) is 0.798. The minimum atomic E-state index is -3.63. The molecule has 0 fully saturated rings. The SMILES string of the molecule is Cc1cc(C(C)(C)C)cc(C)c1CS(=O)(=O)CC(=O)Nc1ccc2c(c1)OCO2. The first-order chi connectivity index (χ1) is 13.4. The lowest BCUT2D eigenvalue weighted by molar-refractivity contribution is -0.113. The van der Waals surface area contributed by atoms with Crippen LogP contribution < -0.4 is 14.8 Å². The summed E-state index contributed by atoms with van der Waals surface area (Å²) >= 11 is 0. The van der Waals surface area contributed by atoms with Crippen molar-refractivity contribution in [3.63, 3.8) is 0 Å². The second-order valence-electron chi connectivity index (χ2n) is 8.49. The summed E-state index contributed by atoms with van der Waals surface area (Å²) < 4.78 is 35.8. The molecule has 6 nitrogen and oxygen atoms in total. The minimum absolute atomic E-state index is 0.0164. The summed E-state index contributed by atoms with van der Waals surface area (Å²) in [5.74, 6) is -0.202. The van der Waals surface area contributed by atoms with Crippen molar-refractivity contribution in [2.75, 3.05) is 17.9 Å². The van der Waals surface area contributed by atoms with Gasteiger partial charge in [-0.15, -0.1) is 0 Å². The van der Waals surface area contributed by atoms with E-state index < -0.39 is 21.5 Å². The Morgan fingerprint density at radius 1 is 1.03 bits per heavy atom. The topological polar surface area (TPSA) is 81.7 Å². The molecule has 0 saturated carbocycles. The van der Waals surface area contributed by atoms with Crippen LogP contribution in [0.2, 0.25) is 0 Å². The van der Waals surface area contributed by atoms with Gasteiger partial charge in [0.15, 0.2) is 21.3 Å². The van der Waals surface area contributed by atoms with Crippen molar-refractivity contribution in [3.05, 3.63) is 52.6 Å². The maximum atomic E-state index is 12.7. The molecule has 1 heterocycles. The third-order valence-electron chi connectivity index (χ3n) is 4.93. The Bertz CT molecular complexity index is 1030. The number of ether oxygens (including phenoxy) is 2. The van der Waals surface area contributed by atoms with Gasteiger partial charge in [-0.3, -0.25) is 4.79 Å². The van der Waals surface area contributed by atoms with E-state index >= 15 is 0 Å². The van der Waals surface area contributed by atoms with Gasteiger partial charge < -0.3 is 14.8 Å². The molecule has 3 rings (SSSR count). The molecule has 0 spiro atoms. The summed E-state index contributed by atoms with van der Waals surface area (Å²) in [4.78, 5) is 12.3. The predicted molar refractivity (Wildman–Crippen MR) is 113 cm³/mol. The van der Waals surface area contributed by atoms with Crippen LogP contribution in [0, 0.1) is 13.8 Å². The molecule has 2 aromatic carbocycles. The zero-order chi connectivity index (χ0) is 21.4. The highest BCUT2D eigenvalue weighted by molar-refractivity contribution is 7.91. The van der Waals surface area contributed by atoms with E-state index in [4.69, 9.17) is 9.47 Å². The van der Waals surface area contributed by atoms with Crippen molar-refractivity contribution in [1.82, 2.24) is 0 Å². The van der Waals surface area contributed by atoms with Gasteiger partial charge in [0.05, 0.1) is 5.75 Å². The molecule has 1 amide bonds. The van der Waals surface area contributed by atoms with E-state index in [1.807, 2.05) is 26.0 Å². The van der Waals surface area contributed by atoms with Crippen LogP contribution in [0.3, 0.4) is 0 Å². The van der Waals surface area contributed by atoms with Crippen LogP contribution in [0.5, 0.6) is 11.5 Å². The molecule has 1 aliphatic rings. The van der Waals surface area contributed by atoms with Crippen molar-refractivity contribution in [2.45, 2.75) is 45.8 Å². The second-order valence-corrected chi connectivity index (χ2v) is 10.6. The van der Waals surface area contributed by atoms with E-state index in [-0.39, 0.29) is 18.0 Å². The number of hydrogen-bond donors (Lipinski definition) is 1. The number of carbonyl (C=O) groups excluding carboxylic acids is 1. The number of rotatable bonds is 5. The standard InChI is InChI=1S/C22H27NO5S/c1-14-8-16(22(3,4)5)9-15(2)18(14)11-29(25,26)12-21(24)23-17-6-7-19-20(10-17)28-13-27-19/h6-10H,11-13H2,1-5H3,(H,23,24). The van der Waals surface area contributed by atoms with E-state index in [9.17, 15) is 13.2 Å². The molecule has 0 bridgehead atoms. The Hall–Kier alpha value is -2.54. The third kappa shape index (κ3) is 5.09. The van der Waals surface area contributed by atoms with Crippen molar-refractivity contribution in [1.29, 1.82) is 0 Å². The highest BCUT2D eigenvalue weighted by atomic mass is 32.2. The molecule has 0 saturated heterocycles. The normalized spacial score (nSPS) is 13.4. The Kier molecular flexibility index (Phi) is 5.63. The van der Waals surface area contributed by atoms with Crippen molar-refractivity contribution < 1.29 is 22.7 Å². The van der Waals surface area contributed by atoms with Crippen molar-refractivity contribution in [2.24, 2.45) is 0 Å². The summed E-state index contributed by atoms with van der Waals surface area (Å²) in [6, 6.07) is 9.01. The van der Waals surface area contributed by atoms with E-state index in [2.05, 4.69) is 26.1 Å². The monoisotopic (exact) mass is 417 g/mol. The summed E-state index contributed by atoms with van der Waals surface area (Å²) in [5, 5.41) is 2.62. The van der Waals surface area contributed by atoms with Gasteiger partial charge in [-0.05, 0) is 53.6 Å². The van der Waals surface area contributed by atoms with Gasteiger partial charge in [0.25, 0.3) is 0 Å². The predicted octanol–water partition coefficient (Wildman–Crippen LogP) is 3.88. The lowest BCUT2D eigenvalue weighted by Gasteiger charge is -2.22. The number of nitrogens with one attached hydrogen (secondary N) is 1. The summed E-state index contributed by atoms with van der Waals surface area (Å²) in [7, 11) is -3.63. The zero-order valence-electron chi connectivity index (χ0n) is 17.5. The first-order valence-corrected chi connectivity index (χ1v) is 11.3. The van der Waals surface area contributed by atoms with E-state index in [1.165, 1.54) is 0 Å². The van der Waals surface area contributed by atoms with Crippen LogP contribution in [0.1, 0.15) is 43.0 Å². The maximum Gasteiger partial charge on any atom is 0.239 e. The number of fused-ring (bicyclic) bond motifs is 1. The van der Waals surface area contributed by atoms with Crippen LogP contribution >= 0.6 is 0 Å². The molecule has 7 heteroatoms. The largest absolute Gasteiger partial charge is 0.454 e. The van der Waals surface area contributed by atoms with Gasteiger partial charge in [0.2, 0.25) is 12.7 Å². The molecule has 0 radical (unpaired) electrons. The number of aryl methyl sites for hydroxylation is 2. The van der Waals surface area contributed by atoms with Crippen LogP contribution in [0.4, 0.5) is 5.69 Å². The molecule has 2 aromatic rings. The molecule has 1 aliphatic heterocycles. The van der Waals surface area contributed by atoms with E-state index in [0.29, 0.717) is 17.2 Å². The van der Waals surface area contributed by atoms with Gasteiger partial charge in [-0.2, -0.15) is 0 Å². The number of carbonyl (C=O) groups is 1. The van der Waals surface area contributed by atoms with Crippen LogP contribution in [0.25, 0.3) is 0 Å². The molecule has 0 unspecified atom stereocenters. The molecule has 29 heavy (non-hydrogen) atoms. The molecule has 0 aliphatic carbocycles. The smallest absolute Gasteiger partial charge is 0.239 e. The average molecular weight is 418 g/mol. The Balaban J connectivity index is 1.71. The van der Waals surface area contributed by atoms with Gasteiger partial charge in [0, 0.05) is 11.8 Å². The summed E-state index contributed by atoms with van der Waals surface area (Å²) in [6.07, 6.45) is 0. The Morgan fingerprint density at radius 3 is 2.28 bits per heavy atom. The second kappa shape index (κ2) is 7.71. The van der Waals surface area contributed by atoms with Crippen molar-refractivity contribution >= 4 is 21.4 Å². The number of sulfone groups is 1. The molecule has 0 atom stereocenters. The highest BCUT2D eigenvalue weighted by Gasteiger charge is 2.22. The lowest BCUT2D eigenvalue weighted by Crippen LogP contribution is -2.24. The van der Waals surface area contributed by atoms with Crippen LogP contribution in [-0.4, -0.2) is 26.9 Å². The number of anilines is 1. The number of hydrogen-bond acceptors (Lipinski definition) is 5. The van der Waals surface area contributed by atoms with Gasteiger partial charge in [-0.25, -0.2) is 8.42 Å². The lowest BCUT2D eigenvalue weighted by atomic mass is 9.84. The average Bonchev–Trinajstić information content (AvgIpc) is 3.04. The van der Waals surface area contributed by atoms with Gasteiger partial charge >= 0.3 is 0 Å². The van der Waals surface area contributed by atoms with Crippen LogP contribution in [0.15, 0.2) is 30.3 Å². The van der Waals surface area contributed by atoms with Gasteiger partial charge in [0.1, 0.15) is 5.75 Å². The first kappa shape index (κ1) is 21.2. The third-order valence-corrected chi connectivity index (χ3v) is 6.36. The fourth-order valence-corrected chi connectivity index (χ4v) is 4.77. The Morgan fingerprint density at radius 2 is 1.66 bits per heavy atom. The summed E-state index contributed by atoms with van der Waals surface area (Å²) in [6.45, 7) is 10.3. The van der Waals surface area contributed by atoms with Crippen molar-refractivity contribution in [3.8, 4) is 11.5 Å².